The Balaban J connectivity index is 0.000000172. The minimum atomic E-state index is -0.883. The molecule has 254 valence electrons. The minimum absolute atomic E-state index is 0.203. The second-order valence-corrected chi connectivity index (χ2v) is 12.6. The lowest BCUT2D eigenvalue weighted by Crippen LogP contribution is -2.59. The molecule has 2 fully saturated rings. The molecule has 4 aliphatic rings. The summed E-state index contributed by atoms with van der Waals surface area (Å²) in [6.07, 6.45) is -5.49. The monoisotopic (exact) mass is 650 g/mol. The molecule has 4 aliphatic heterocycles. The molecule has 10 heteroatoms. The zero-order valence-corrected chi connectivity index (χ0v) is 26.9. The highest BCUT2D eigenvalue weighted by Gasteiger charge is 2.46. The van der Waals surface area contributed by atoms with Crippen LogP contribution in [0.3, 0.4) is 0 Å². The first-order chi connectivity index (χ1) is 22.9. The lowest BCUT2D eigenvalue weighted by atomic mass is 9.95. The predicted molar refractivity (Wildman–Crippen MR) is 171 cm³/mol. The SMILES string of the molecule is C[C@@H]1OC2COCc3ccccc3CO[C@@H](C1O)[C@@H]2O.C[C@@H]1OC2COCc3ccccc3CO[C@@H](C1OCc1ccccc1)[C@@H]2O. The first-order valence-corrected chi connectivity index (χ1v) is 16.4. The van der Waals surface area contributed by atoms with Crippen molar-refractivity contribution in [2.24, 2.45) is 0 Å². The van der Waals surface area contributed by atoms with Gasteiger partial charge in [0.05, 0.1) is 58.5 Å². The van der Waals surface area contributed by atoms with Gasteiger partial charge in [-0.1, -0.05) is 78.9 Å². The Bertz CT molecular complexity index is 1400. The Labute approximate surface area is 276 Å². The summed E-state index contributed by atoms with van der Waals surface area (Å²) in [5.74, 6) is 0. The zero-order chi connectivity index (χ0) is 32.8. The molecule has 0 aliphatic carbocycles. The number of hydrogen-bond acceptors (Lipinski definition) is 10. The molecule has 47 heavy (non-hydrogen) atoms. The van der Waals surface area contributed by atoms with Crippen molar-refractivity contribution in [1.82, 2.24) is 0 Å². The average Bonchev–Trinajstić information content (AvgIpc) is 3.08. The van der Waals surface area contributed by atoms with Crippen LogP contribution in [0, 0.1) is 0 Å². The van der Waals surface area contributed by atoms with Crippen LogP contribution in [0.15, 0.2) is 78.9 Å². The lowest BCUT2D eigenvalue weighted by molar-refractivity contribution is -0.257. The van der Waals surface area contributed by atoms with Crippen LogP contribution in [0.4, 0.5) is 0 Å². The number of aliphatic hydroxyl groups is 3. The van der Waals surface area contributed by atoms with E-state index < -0.39 is 42.7 Å². The minimum Gasteiger partial charge on any atom is -0.388 e. The van der Waals surface area contributed by atoms with E-state index in [1.54, 1.807) is 6.92 Å². The summed E-state index contributed by atoms with van der Waals surface area (Å²) in [5.41, 5.74) is 5.33. The summed E-state index contributed by atoms with van der Waals surface area (Å²) >= 11 is 0. The van der Waals surface area contributed by atoms with Crippen LogP contribution in [0.5, 0.6) is 0 Å². The molecule has 0 radical (unpaired) electrons. The van der Waals surface area contributed by atoms with E-state index in [-0.39, 0.29) is 24.9 Å². The van der Waals surface area contributed by atoms with E-state index in [9.17, 15) is 15.3 Å². The van der Waals surface area contributed by atoms with E-state index in [0.29, 0.717) is 39.6 Å². The molecule has 0 saturated carbocycles. The Morgan fingerprint density at radius 1 is 0.574 bits per heavy atom. The van der Waals surface area contributed by atoms with E-state index in [1.807, 2.05) is 85.8 Å². The van der Waals surface area contributed by atoms with Gasteiger partial charge in [-0.25, -0.2) is 0 Å². The summed E-state index contributed by atoms with van der Waals surface area (Å²) in [6.45, 7) is 6.50. The highest BCUT2D eigenvalue weighted by molar-refractivity contribution is 5.27. The third-order valence-electron chi connectivity index (χ3n) is 9.28. The molecule has 4 unspecified atom stereocenters. The molecule has 10 nitrogen and oxygen atoms in total. The van der Waals surface area contributed by atoms with Gasteiger partial charge in [0.2, 0.25) is 0 Å². The molecule has 3 N–H and O–H groups in total. The van der Waals surface area contributed by atoms with Gasteiger partial charge in [0.15, 0.2) is 0 Å². The van der Waals surface area contributed by atoms with Crippen molar-refractivity contribution < 1.29 is 48.5 Å². The molecule has 3 aromatic rings. The molecule has 4 heterocycles. The van der Waals surface area contributed by atoms with Gasteiger partial charge in [-0.3, -0.25) is 0 Å². The van der Waals surface area contributed by atoms with Crippen molar-refractivity contribution in [1.29, 1.82) is 0 Å². The van der Waals surface area contributed by atoms with Gasteiger partial charge in [-0.2, -0.15) is 0 Å². The highest BCUT2D eigenvalue weighted by Crippen LogP contribution is 2.30. The van der Waals surface area contributed by atoms with Crippen LogP contribution in [-0.2, 0) is 66.2 Å². The van der Waals surface area contributed by atoms with Crippen molar-refractivity contribution >= 4 is 0 Å². The first-order valence-electron chi connectivity index (χ1n) is 16.4. The summed E-state index contributed by atoms with van der Waals surface area (Å²) in [4.78, 5) is 0. The maximum absolute atomic E-state index is 10.8. The lowest BCUT2D eigenvalue weighted by Gasteiger charge is -2.44. The molecule has 0 spiro atoms. The average molecular weight is 651 g/mol. The summed E-state index contributed by atoms with van der Waals surface area (Å²) < 4.78 is 41.2. The fourth-order valence-electron chi connectivity index (χ4n) is 6.51. The summed E-state index contributed by atoms with van der Waals surface area (Å²) in [5, 5.41) is 31.2. The zero-order valence-electron chi connectivity index (χ0n) is 26.9. The first kappa shape index (κ1) is 34.1. The van der Waals surface area contributed by atoms with Crippen molar-refractivity contribution in [3.8, 4) is 0 Å². The standard InChI is InChI=1S/C22H26O5.C15H20O5/c1-15-21(25-11-16-7-3-2-4-8-16)22-20(23)19(27-15)14-24-12-17-9-5-6-10-18(17)13-26-22;1-9-13(16)15-14(17)12(20-9)8-18-6-10-4-2-3-5-11(10)7-19-15/h2-10,15,19-23H,11-14H2,1H3;2-5,9,12-17H,6-8H2,1H3/t15-,19?,20+,21?,22+;9-,12?,13?,14+,15-/m00/s1. The van der Waals surface area contributed by atoms with Gasteiger partial charge in [0.25, 0.3) is 0 Å². The molecule has 10 atom stereocenters. The van der Waals surface area contributed by atoms with Gasteiger partial charge in [0, 0.05) is 0 Å². The van der Waals surface area contributed by atoms with Crippen molar-refractivity contribution in [3.63, 3.8) is 0 Å². The molecule has 4 bridgehead atoms. The molecule has 0 amide bonds. The Morgan fingerprint density at radius 3 is 1.62 bits per heavy atom. The number of rotatable bonds is 3. The Morgan fingerprint density at radius 2 is 1.04 bits per heavy atom. The molecule has 2 saturated heterocycles. The topological polar surface area (TPSA) is 125 Å². The third kappa shape index (κ3) is 8.29. The Hall–Kier alpha value is -2.74. The second kappa shape index (κ2) is 16.1. The smallest absolute Gasteiger partial charge is 0.115 e. The van der Waals surface area contributed by atoms with Gasteiger partial charge < -0.3 is 48.5 Å². The van der Waals surface area contributed by atoms with Crippen LogP contribution in [0.25, 0.3) is 0 Å². The normalized spacial score (nSPS) is 34.1. The largest absolute Gasteiger partial charge is 0.388 e. The van der Waals surface area contributed by atoms with Crippen molar-refractivity contribution in [2.75, 3.05) is 13.2 Å². The van der Waals surface area contributed by atoms with Gasteiger partial charge >= 0.3 is 0 Å². The molecular weight excluding hydrogens is 604 g/mol. The summed E-state index contributed by atoms with van der Waals surface area (Å²) in [6, 6.07) is 25.9. The molecule has 0 aromatic heterocycles. The highest BCUT2D eigenvalue weighted by atomic mass is 16.6. The fourth-order valence-corrected chi connectivity index (χ4v) is 6.51. The predicted octanol–water partition coefficient (Wildman–Crippen LogP) is 3.45. The third-order valence-corrected chi connectivity index (χ3v) is 9.28. The van der Waals surface area contributed by atoms with Gasteiger partial charge in [-0.05, 0) is 41.7 Å². The maximum atomic E-state index is 10.8. The van der Waals surface area contributed by atoms with E-state index in [2.05, 4.69) is 0 Å². The molecule has 3 aromatic carbocycles. The number of hydrogen-bond donors (Lipinski definition) is 3. The maximum Gasteiger partial charge on any atom is 0.115 e. The van der Waals surface area contributed by atoms with Crippen molar-refractivity contribution in [3.05, 3.63) is 107 Å². The van der Waals surface area contributed by atoms with Crippen LogP contribution < -0.4 is 0 Å². The number of aliphatic hydroxyl groups excluding tert-OH is 3. The number of ether oxygens (including phenoxy) is 7. The fraction of sp³-hybridized carbons (Fsp3) is 0.514. The van der Waals surface area contributed by atoms with Crippen molar-refractivity contribution in [2.45, 2.75) is 108 Å². The summed E-state index contributed by atoms with van der Waals surface area (Å²) in [7, 11) is 0. The number of fused-ring (bicyclic) bond motifs is 6. The van der Waals surface area contributed by atoms with Crippen LogP contribution in [0.2, 0.25) is 0 Å². The van der Waals surface area contributed by atoms with E-state index >= 15 is 0 Å². The van der Waals surface area contributed by atoms with Crippen LogP contribution >= 0.6 is 0 Å². The van der Waals surface area contributed by atoms with E-state index in [4.69, 9.17) is 33.2 Å². The van der Waals surface area contributed by atoms with Crippen LogP contribution in [0.1, 0.15) is 41.7 Å². The van der Waals surface area contributed by atoms with Gasteiger partial charge in [-0.15, -0.1) is 0 Å². The van der Waals surface area contributed by atoms with E-state index in [0.717, 1.165) is 27.8 Å². The Kier molecular flexibility index (Phi) is 11.7. The van der Waals surface area contributed by atoms with E-state index in [1.165, 1.54) is 0 Å². The quantitative estimate of drug-likeness (QED) is 0.388. The van der Waals surface area contributed by atoms with Crippen LogP contribution in [-0.4, -0.2) is 89.6 Å². The second-order valence-electron chi connectivity index (χ2n) is 12.6. The van der Waals surface area contributed by atoms with Gasteiger partial charge in [0.1, 0.15) is 48.8 Å². The molecule has 7 rings (SSSR count). The number of benzene rings is 3. The molecular formula is C37H46O10.